The number of hydrogen-bond acceptors (Lipinski definition) is 3. The van der Waals surface area contributed by atoms with Crippen LogP contribution in [0.15, 0.2) is 11.6 Å². The Hall–Kier alpha value is -0.940. The van der Waals surface area contributed by atoms with Gasteiger partial charge >= 0.3 is 0 Å². The zero-order valence-electron chi connectivity index (χ0n) is 7.37. The molecule has 0 radical (unpaired) electrons. The lowest BCUT2D eigenvalue weighted by molar-refractivity contribution is 0.756. The smallest absolute Gasteiger partial charge is 0.158 e. The summed E-state index contributed by atoms with van der Waals surface area (Å²) in [6.07, 6.45) is 1.99. The number of H-pyrrole nitrogens is 1. The van der Waals surface area contributed by atoms with Gasteiger partial charge in [0.15, 0.2) is 3.95 Å². The van der Waals surface area contributed by atoms with Crippen LogP contribution >= 0.6 is 23.6 Å². The Morgan fingerprint density at radius 3 is 2.85 bits per heavy atom. The Kier molecular flexibility index (Phi) is 2.05. The summed E-state index contributed by atoms with van der Waals surface area (Å²) in [4.78, 5) is 3.13. The Morgan fingerprint density at radius 1 is 1.62 bits per heavy atom. The first-order valence-corrected chi connectivity index (χ1v) is 5.14. The summed E-state index contributed by atoms with van der Waals surface area (Å²) in [5.74, 6) is 0. The van der Waals surface area contributed by atoms with E-state index in [4.69, 9.17) is 12.2 Å². The number of aryl methyl sites for hydroxylation is 2. The minimum Gasteiger partial charge on any atom is -0.337 e. The summed E-state index contributed by atoms with van der Waals surface area (Å²) in [6.45, 7) is 1.99. The molecule has 1 N–H and O–H groups in total. The van der Waals surface area contributed by atoms with Crippen molar-refractivity contribution in [2.45, 2.75) is 6.92 Å². The molecule has 0 unspecified atom stereocenters. The predicted molar refractivity (Wildman–Crippen MR) is 56.4 cm³/mol. The van der Waals surface area contributed by atoms with Gasteiger partial charge in [-0.15, -0.1) is 11.3 Å². The molecule has 0 amide bonds. The molecule has 0 aliphatic carbocycles. The Bertz CT molecular complexity index is 478. The van der Waals surface area contributed by atoms with Crippen LogP contribution < -0.4 is 0 Å². The van der Waals surface area contributed by atoms with Crippen molar-refractivity contribution in [1.82, 2.24) is 14.8 Å². The van der Waals surface area contributed by atoms with Crippen molar-refractivity contribution in [2.24, 2.45) is 7.05 Å². The maximum absolute atomic E-state index is 5.02. The van der Waals surface area contributed by atoms with Crippen LogP contribution in [0.5, 0.6) is 0 Å². The third kappa shape index (κ3) is 1.57. The second-order valence-corrected chi connectivity index (χ2v) is 4.41. The molecule has 0 bridgehead atoms. The lowest BCUT2D eigenvalue weighted by Crippen LogP contribution is -1.86. The van der Waals surface area contributed by atoms with Gasteiger partial charge in [0.1, 0.15) is 0 Å². The number of aromatic amines is 1. The minimum absolute atomic E-state index is 0.804. The summed E-state index contributed by atoms with van der Waals surface area (Å²) in [6, 6.07) is 0. The largest absolute Gasteiger partial charge is 0.337 e. The SMILES string of the molecule is Cc1nn(C)cc1-c1csc(=S)[nH]1. The highest BCUT2D eigenvalue weighted by Crippen LogP contribution is 2.22. The van der Waals surface area contributed by atoms with E-state index in [1.165, 1.54) is 11.3 Å². The lowest BCUT2D eigenvalue weighted by atomic mass is 10.2. The average molecular weight is 211 g/mol. The first kappa shape index (κ1) is 8.65. The molecule has 13 heavy (non-hydrogen) atoms. The van der Waals surface area contributed by atoms with Gasteiger partial charge < -0.3 is 4.98 Å². The van der Waals surface area contributed by atoms with Crippen LogP contribution in [0, 0.1) is 10.9 Å². The molecule has 68 valence electrons. The molecule has 2 rings (SSSR count). The van der Waals surface area contributed by atoms with Gasteiger partial charge in [0, 0.05) is 24.2 Å². The average Bonchev–Trinajstić information content (AvgIpc) is 2.58. The molecule has 3 nitrogen and oxygen atoms in total. The number of nitrogens with zero attached hydrogens (tertiary/aromatic N) is 2. The van der Waals surface area contributed by atoms with Gasteiger partial charge in [0.25, 0.3) is 0 Å². The molecule has 0 fully saturated rings. The lowest BCUT2D eigenvalue weighted by Gasteiger charge is -1.90. The highest BCUT2D eigenvalue weighted by molar-refractivity contribution is 7.73. The van der Waals surface area contributed by atoms with E-state index in [1.54, 1.807) is 4.68 Å². The van der Waals surface area contributed by atoms with Crippen molar-refractivity contribution >= 4 is 23.6 Å². The third-order valence-corrected chi connectivity index (χ3v) is 2.88. The molecule has 0 atom stereocenters. The number of hydrogen-bond donors (Lipinski definition) is 1. The van der Waals surface area contributed by atoms with Crippen LogP contribution in [-0.4, -0.2) is 14.8 Å². The monoisotopic (exact) mass is 211 g/mol. The third-order valence-electron chi connectivity index (χ3n) is 1.82. The van der Waals surface area contributed by atoms with Gasteiger partial charge in [-0.2, -0.15) is 5.10 Å². The van der Waals surface area contributed by atoms with Gasteiger partial charge in [0.05, 0.1) is 11.4 Å². The number of aromatic nitrogens is 3. The van der Waals surface area contributed by atoms with Crippen LogP contribution in [0.3, 0.4) is 0 Å². The van der Waals surface area contributed by atoms with E-state index < -0.39 is 0 Å². The maximum Gasteiger partial charge on any atom is 0.158 e. The van der Waals surface area contributed by atoms with Gasteiger partial charge in [-0.05, 0) is 19.1 Å². The van der Waals surface area contributed by atoms with Crippen molar-refractivity contribution < 1.29 is 0 Å². The fourth-order valence-corrected chi connectivity index (χ4v) is 2.11. The predicted octanol–water partition coefficient (Wildman–Crippen LogP) is 2.51. The van der Waals surface area contributed by atoms with E-state index in [1.807, 2.05) is 25.5 Å². The Labute approximate surface area is 85.0 Å². The van der Waals surface area contributed by atoms with Gasteiger partial charge in [-0.1, -0.05) is 0 Å². The Balaban J connectivity index is 2.57. The van der Waals surface area contributed by atoms with E-state index in [9.17, 15) is 0 Å². The highest BCUT2D eigenvalue weighted by Gasteiger charge is 2.06. The van der Waals surface area contributed by atoms with Gasteiger partial charge in [-0.25, -0.2) is 0 Å². The molecule has 0 aliphatic heterocycles. The van der Waals surface area contributed by atoms with Crippen molar-refractivity contribution in [3.05, 3.63) is 21.2 Å². The second kappa shape index (κ2) is 3.08. The van der Waals surface area contributed by atoms with Crippen molar-refractivity contribution in [3.8, 4) is 11.3 Å². The molecule has 0 aromatic carbocycles. The molecule has 0 spiro atoms. The van der Waals surface area contributed by atoms with E-state index in [0.29, 0.717) is 0 Å². The van der Waals surface area contributed by atoms with E-state index >= 15 is 0 Å². The number of thiazole rings is 1. The first-order chi connectivity index (χ1) is 6.16. The normalized spacial score (nSPS) is 10.6. The van der Waals surface area contributed by atoms with Crippen molar-refractivity contribution in [2.75, 3.05) is 0 Å². The summed E-state index contributed by atoms with van der Waals surface area (Å²) in [7, 11) is 1.91. The summed E-state index contributed by atoms with van der Waals surface area (Å²) < 4.78 is 2.61. The number of nitrogens with one attached hydrogen (secondary N) is 1. The molecule has 2 heterocycles. The molecule has 5 heteroatoms. The minimum atomic E-state index is 0.804. The molecule has 2 aromatic heterocycles. The second-order valence-electron chi connectivity index (χ2n) is 2.86. The molecular weight excluding hydrogens is 202 g/mol. The van der Waals surface area contributed by atoms with Gasteiger partial charge in [-0.3, -0.25) is 4.68 Å². The zero-order chi connectivity index (χ0) is 9.42. The molecular formula is C8H9N3S2. The standard InChI is InChI=1S/C8H9N3S2/c1-5-6(3-11(2)10-5)7-4-13-8(12)9-7/h3-4H,1-2H3,(H,9,12). The fraction of sp³-hybridized carbons (Fsp3) is 0.250. The summed E-state index contributed by atoms with van der Waals surface area (Å²) in [5, 5.41) is 6.28. The summed E-state index contributed by atoms with van der Waals surface area (Å²) in [5.41, 5.74) is 3.20. The highest BCUT2D eigenvalue weighted by atomic mass is 32.1. The van der Waals surface area contributed by atoms with Crippen LogP contribution in [0.4, 0.5) is 0 Å². The quantitative estimate of drug-likeness (QED) is 0.735. The Morgan fingerprint density at radius 2 is 2.38 bits per heavy atom. The van der Waals surface area contributed by atoms with Crippen LogP contribution in [0.25, 0.3) is 11.3 Å². The molecule has 2 aromatic rings. The maximum atomic E-state index is 5.02. The fourth-order valence-electron chi connectivity index (χ4n) is 1.28. The molecule has 0 aliphatic rings. The van der Waals surface area contributed by atoms with Gasteiger partial charge in [0.2, 0.25) is 0 Å². The zero-order valence-corrected chi connectivity index (χ0v) is 9.00. The summed E-state index contributed by atoms with van der Waals surface area (Å²) >= 11 is 6.56. The first-order valence-electron chi connectivity index (χ1n) is 3.85. The van der Waals surface area contributed by atoms with Crippen LogP contribution in [0.2, 0.25) is 0 Å². The molecule has 0 saturated carbocycles. The van der Waals surface area contributed by atoms with Crippen molar-refractivity contribution in [1.29, 1.82) is 0 Å². The molecule has 0 saturated heterocycles. The topological polar surface area (TPSA) is 33.6 Å². The van der Waals surface area contributed by atoms with Crippen molar-refractivity contribution in [3.63, 3.8) is 0 Å². The van der Waals surface area contributed by atoms with E-state index in [0.717, 1.165) is 20.9 Å². The van der Waals surface area contributed by atoms with Crippen LogP contribution in [-0.2, 0) is 7.05 Å². The van der Waals surface area contributed by atoms with E-state index in [-0.39, 0.29) is 0 Å². The van der Waals surface area contributed by atoms with E-state index in [2.05, 4.69) is 10.1 Å². The van der Waals surface area contributed by atoms with Crippen LogP contribution in [0.1, 0.15) is 5.69 Å². The number of rotatable bonds is 1.